The average Bonchev–Trinajstić information content (AvgIpc) is 2.32. The predicted octanol–water partition coefficient (Wildman–Crippen LogP) is 0.985. The van der Waals surface area contributed by atoms with Crippen LogP contribution in [-0.2, 0) is 4.79 Å². The van der Waals surface area contributed by atoms with Gasteiger partial charge in [0.2, 0.25) is 0 Å². The maximum absolute atomic E-state index is 10.6. The SMILES string of the molecule is N.N.O=C(O)C1CSCN1C(=S)S. The second kappa shape index (κ2) is 6.44. The van der Waals surface area contributed by atoms with Crippen LogP contribution in [0.2, 0.25) is 0 Å². The molecular formula is C5H13N3O2S3. The maximum Gasteiger partial charge on any atom is 0.327 e. The normalized spacial score (nSPS) is 20.1. The van der Waals surface area contributed by atoms with Gasteiger partial charge in [0.25, 0.3) is 0 Å². The fourth-order valence-electron chi connectivity index (χ4n) is 0.836. The van der Waals surface area contributed by atoms with Crippen molar-refractivity contribution in [1.29, 1.82) is 0 Å². The molecule has 1 heterocycles. The number of carbonyl (C=O) groups is 1. The van der Waals surface area contributed by atoms with Crippen molar-refractivity contribution >= 4 is 46.9 Å². The Balaban J connectivity index is 0. The van der Waals surface area contributed by atoms with Crippen molar-refractivity contribution in [2.75, 3.05) is 11.6 Å². The lowest BCUT2D eigenvalue weighted by Crippen LogP contribution is -2.38. The van der Waals surface area contributed by atoms with Crippen LogP contribution in [0.3, 0.4) is 0 Å². The molecule has 0 spiro atoms. The van der Waals surface area contributed by atoms with Crippen molar-refractivity contribution in [3.8, 4) is 0 Å². The fraction of sp³-hybridized carbons (Fsp3) is 0.600. The molecule has 13 heavy (non-hydrogen) atoms. The van der Waals surface area contributed by atoms with Crippen molar-refractivity contribution in [2.24, 2.45) is 0 Å². The Morgan fingerprint density at radius 3 is 2.46 bits per heavy atom. The molecule has 1 atom stereocenters. The Labute approximate surface area is 91.8 Å². The van der Waals surface area contributed by atoms with Gasteiger partial charge in [-0.2, -0.15) is 0 Å². The van der Waals surface area contributed by atoms with E-state index in [1.54, 1.807) is 16.7 Å². The summed E-state index contributed by atoms with van der Waals surface area (Å²) in [4.78, 5) is 12.2. The summed E-state index contributed by atoms with van der Waals surface area (Å²) >= 11 is 10.2. The predicted molar refractivity (Wildman–Crippen MR) is 62.2 cm³/mol. The number of carboxylic acid groups (broad SMARTS) is 1. The molecule has 0 saturated carbocycles. The van der Waals surface area contributed by atoms with E-state index in [9.17, 15) is 4.79 Å². The second-order valence-corrected chi connectivity index (χ2v) is 4.22. The summed E-state index contributed by atoms with van der Waals surface area (Å²) in [6.07, 6.45) is 0. The van der Waals surface area contributed by atoms with Gasteiger partial charge < -0.3 is 22.3 Å². The molecule has 1 fully saturated rings. The van der Waals surface area contributed by atoms with Crippen molar-refractivity contribution in [3.05, 3.63) is 0 Å². The van der Waals surface area contributed by atoms with Crippen LogP contribution in [0.15, 0.2) is 0 Å². The molecule has 1 rings (SSSR count). The molecule has 7 N–H and O–H groups in total. The quantitative estimate of drug-likeness (QED) is 0.401. The van der Waals surface area contributed by atoms with E-state index in [0.717, 1.165) is 0 Å². The van der Waals surface area contributed by atoms with Gasteiger partial charge in [0, 0.05) is 5.75 Å². The minimum Gasteiger partial charge on any atom is -0.480 e. The summed E-state index contributed by atoms with van der Waals surface area (Å²) in [7, 11) is 0. The summed E-state index contributed by atoms with van der Waals surface area (Å²) in [5.41, 5.74) is 0. The largest absolute Gasteiger partial charge is 0.480 e. The minimum atomic E-state index is -0.827. The number of thiocarbonyl (C=S) groups is 1. The number of thioether (sulfide) groups is 1. The highest BCUT2D eigenvalue weighted by Crippen LogP contribution is 2.22. The number of nitrogens with zero attached hydrogens (tertiary/aromatic N) is 1. The summed E-state index contributed by atoms with van der Waals surface area (Å²) in [6.45, 7) is 0. The molecule has 0 aromatic heterocycles. The van der Waals surface area contributed by atoms with Gasteiger partial charge in [0.05, 0.1) is 5.88 Å². The van der Waals surface area contributed by atoms with Crippen molar-refractivity contribution in [2.45, 2.75) is 6.04 Å². The first-order valence-electron chi connectivity index (χ1n) is 2.93. The van der Waals surface area contributed by atoms with Gasteiger partial charge in [-0.15, -0.1) is 24.4 Å². The van der Waals surface area contributed by atoms with E-state index in [2.05, 4.69) is 12.6 Å². The van der Waals surface area contributed by atoms with Crippen LogP contribution in [-0.4, -0.2) is 38.0 Å². The van der Waals surface area contributed by atoms with Gasteiger partial charge in [-0.1, -0.05) is 12.2 Å². The number of rotatable bonds is 1. The van der Waals surface area contributed by atoms with Gasteiger partial charge in [-0.25, -0.2) is 4.79 Å². The van der Waals surface area contributed by atoms with Crippen LogP contribution in [0.1, 0.15) is 0 Å². The van der Waals surface area contributed by atoms with E-state index in [4.69, 9.17) is 17.3 Å². The Hall–Kier alpha value is -0.0200. The molecule has 0 aromatic rings. The average molecular weight is 243 g/mol. The minimum absolute atomic E-state index is 0. The lowest BCUT2D eigenvalue weighted by molar-refractivity contribution is -0.140. The Morgan fingerprint density at radius 1 is 1.62 bits per heavy atom. The number of hydrogen-bond donors (Lipinski definition) is 4. The summed E-state index contributed by atoms with van der Waals surface area (Å²) in [5, 5.41) is 8.68. The smallest absolute Gasteiger partial charge is 0.327 e. The number of hydrogen-bond acceptors (Lipinski definition) is 5. The zero-order valence-corrected chi connectivity index (χ0v) is 9.50. The van der Waals surface area contributed by atoms with Gasteiger partial charge in [0.15, 0.2) is 0 Å². The van der Waals surface area contributed by atoms with Crippen LogP contribution in [0.4, 0.5) is 0 Å². The van der Waals surface area contributed by atoms with Crippen molar-refractivity contribution in [3.63, 3.8) is 0 Å². The van der Waals surface area contributed by atoms with E-state index in [0.29, 0.717) is 16.0 Å². The summed E-state index contributed by atoms with van der Waals surface area (Å²) < 4.78 is 0.363. The van der Waals surface area contributed by atoms with E-state index >= 15 is 0 Å². The third-order valence-electron chi connectivity index (χ3n) is 1.41. The van der Waals surface area contributed by atoms with Crippen molar-refractivity contribution < 1.29 is 9.90 Å². The molecule has 1 aliphatic heterocycles. The lowest BCUT2D eigenvalue weighted by Gasteiger charge is -2.19. The molecular weight excluding hydrogens is 230 g/mol. The number of aliphatic carboxylic acids is 1. The van der Waals surface area contributed by atoms with E-state index < -0.39 is 12.0 Å². The van der Waals surface area contributed by atoms with Gasteiger partial charge in [0.1, 0.15) is 10.4 Å². The van der Waals surface area contributed by atoms with Crippen molar-refractivity contribution in [1.82, 2.24) is 17.2 Å². The highest BCUT2D eigenvalue weighted by atomic mass is 32.2. The third kappa shape index (κ3) is 3.69. The van der Waals surface area contributed by atoms with E-state index in [1.807, 2.05) is 0 Å². The monoisotopic (exact) mass is 243 g/mol. The Bertz CT molecular complexity index is 181. The van der Waals surface area contributed by atoms with E-state index in [-0.39, 0.29) is 12.3 Å². The van der Waals surface area contributed by atoms with Crippen LogP contribution < -0.4 is 12.3 Å². The molecule has 1 saturated heterocycles. The van der Waals surface area contributed by atoms with Gasteiger partial charge in [-0.3, -0.25) is 0 Å². The molecule has 0 radical (unpaired) electrons. The third-order valence-corrected chi connectivity index (χ3v) is 2.92. The zero-order valence-electron chi connectivity index (χ0n) is 6.97. The summed E-state index contributed by atoms with van der Waals surface area (Å²) in [6, 6.07) is -0.481. The van der Waals surface area contributed by atoms with Crippen LogP contribution in [0.25, 0.3) is 0 Å². The highest BCUT2D eigenvalue weighted by Gasteiger charge is 2.31. The molecule has 0 bridgehead atoms. The first-order valence-corrected chi connectivity index (χ1v) is 4.94. The van der Waals surface area contributed by atoms with Crippen LogP contribution in [0, 0.1) is 0 Å². The fourth-order valence-corrected chi connectivity index (χ4v) is 2.57. The Morgan fingerprint density at radius 2 is 2.15 bits per heavy atom. The van der Waals surface area contributed by atoms with Gasteiger partial charge in [-0.05, 0) is 0 Å². The highest BCUT2D eigenvalue weighted by molar-refractivity contribution is 8.11. The molecule has 0 aliphatic carbocycles. The van der Waals surface area contributed by atoms with Gasteiger partial charge >= 0.3 is 5.97 Å². The molecule has 8 heteroatoms. The zero-order chi connectivity index (χ0) is 8.43. The Kier molecular flexibility index (Phi) is 7.65. The number of thiol groups is 1. The summed E-state index contributed by atoms with van der Waals surface area (Å²) in [5.74, 6) is 0.404. The van der Waals surface area contributed by atoms with E-state index in [1.165, 1.54) is 0 Å². The molecule has 1 unspecified atom stereocenters. The first-order chi connectivity index (χ1) is 5.13. The molecule has 78 valence electrons. The number of carboxylic acids is 1. The molecule has 5 nitrogen and oxygen atoms in total. The molecule has 0 amide bonds. The lowest BCUT2D eigenvalue weighted by atomic mass is 10.3. The van der Waals surface area contributed by atoms with Crippen LogP contribution >= 0.6 is 36.6 Å². The topological polar surface area (TPSA) is 111 Å². The maximum atomic E-state index is 10.6. The second-order valence-electron chi connectivity index (χ2n) is 2.11. The molecule has 1 aliphatic rings. The standard InChI is InChI=1S/C5H7NO2S3.2H3N/c7-4(8)3-1-11-2-6(3)5(9)10;;/h3H,1-2H2,(H,7,8)(H,9,10);2*1H3. The molecule has 0 aromatic carbocycles. The first kappa shape index (κ1) is 15.5. The van der Waals surface area contributed by atoms with Crippen LogP contribution in [0.5, 0.6) is 0 Å².